The maximum absolute atomic E-state index is 12.3. The molecule has 0 amide bonds. The van der Waals surface area contributed by atoms with Crippen LogP contribution in [0.25, 0.3) is 0 Å². The molecule has 1 aliphatic rings. The third kappa shape index (κ3) is 3.22. The number of aromatic nitrogens is 2. The molecule has 0 radical (unpaired) electrons. The van der Waals surface area contributed by atoms with Crippen LogP contribution in [-0.2, 0) is 17.5 Å². The van der Waals surface area contributed by atoms with Crippen molar-refractivity contribution in [2.75, 3.05) is 0 Å². The number of carbonyl (C=O) groups is 1. The SMILES string of the molecule is O=C(O)C(Cn1cc(C(F)(F)F)cn1)NC1CC1. The van der Waals surface area contributed by atoms with Crippen molar-refractivity contribution >= 4 is 5.97 Å². The summed E-state index contributed by atoms with van der Waals surface area (Å²) in [5, 5.41) is 15.3. The molecular formula is C10H12F3N3O2. The molecule has 1 aliphatic carbocycles. The molecule has 0 saturated heterocycles. The summed E-state index contributed by atoms with van der Waals surface area (Å²) < 4.78 is 38.0. The Hall–Kier alpha value is -1.57. The Balaban J connectivity index is 2.01. The zero-order valence-corrected chi connectivity index (χ0v) is 9.31. The molecule has 1 aromatic heterocycles. The first kappa shape index (κ1) is 12.9. The van der Waals surface area contributed by atoms with Gasteiger partial charge in [-0.05, 0) is 12.8 Å². The van der Waals surface area contributed by atoms with Gasteiger partial charge in [-0.25, -0.2) is 0 Å². The summed E-state index contributed by atoms with van der Waals surface area (Å²) in [5.41, 5.74) is -0.877. The van der Waals surface area contributed by atoms with E-state index in [1.807, 2.05) is 0 Å². The van der Waals surface area contributed by atoms with Gasteiger partial charge in [-0.1, -0.05) is 0 Å². The first-order valence-corrected chi connectivity index (χ1v) is 5.45. The second kappa shape index (κ2) is 4.60. The number of hydrogen-bond donors (Lipinski definition) is 2. The van der Waals surface area contributed by atoms with Gasteiger partial charge < -0.3 is 10.4 Å². The van der Waals surface area contributed by atoms with Gasteiger partial charge in [0.2, 0.25) is 0 Å². The molecule has 1 atom stereocenters. The van der Waals surface area contributed by atoms with Gasteiger partial charge in [-0.3, -0.25) is 9.48 Å². The van der Waals surface area contributed by atoms with Crippen molar-refractivity contribution in [3.8, 4) is 0 Å². The third-order valence-electron chi connectivity index (χ3n) is 2.64. The van der Waals surface area contributed by atoms with Crippen LogP contribution < -0.4 is 5.32 Å². The predicted molar refractivity (Wildman–Crippen MR) is 54.8 cm³/mol. The van der Waals surface area contributed by atoms with E-state index >= 15 is 0 Å². The van der Waals surface area contributed by atoms with Crippen molar-refractivity contribution in [3.05, 3.63) is 18.0 Å². The van der Waals surface area contributed by atoms with E-state index in [1.165, 1.54) is 0 Å². The lowest BCUT2D eigenvalue weighted by Crippen LogP contribution is -2.41. The van der Waals surface area contributed by atoms with Gasteiger partial charge in [0.05, 0.1) is 18.3 Å². The Morgan fingerprint density at radius 1 is 1.61 bits per heavy atom. The normalized spacial score (nSPS) is 17.7. The Morgan fingerprint density at radius 3 is 2.72 bits per heavy atom. The highest BCUT2D eigenvalue weighted by atomic mass is 19.4. The van der Waals surface area contributed by atoms with Crippen LogP contribution in [0.15, 0.2) is 12.4 Å². The number of nitrogens with zero attached hydrogens (tertiary/aromatic N) is 2. The molecule has 2 N–H and O–H groups in total. The maximum atomic E-state index is 12.3. The van der Waals surface area contributed by atoms with Crippen molar-refractivity contribution in [1.29, 1.82) is 0 Å². The summed E-state index contributed by atoms with van der Waals surface area (Å²) in [4.78, 5) is 10.9. The highest BCUT2D eigenvalue weighted by Crippen LogP contribution is 2.28. The highest BCUT2D eigenvalue weighted by molar-refractivity contribution is 5.73. The fourth-order valence-corrected chi connectivity index (χ4v) is 1.53. The predicted octanol–water partition coefficient (Wildman–Crippen LogP) is 1.11. The molecule has 100 valence electrons. The number of halogens is 3. The summed E-state index contributed by atoms with van der Waals surface area (Å²) >= 11 is 0. The molecule has 0 aliphatic heterocycles. The Bertz CT molecular complexity index is 440. The van der Waals surface area contributed by atoms with Gasteiger partial charge in [0.25, 0.3) is 0 Å². The van der Waals surface area contributed by atoms with Gasteiger partial charge in [-0.2, -0.15) is 18.3 Å². The van der Waals surface area contributed by atoms with Crippen molar-refractivity contribution in [2.24, 2.45) is 0 Å². The molecule has 0 spiro atoms. The summed E-state index contributed by atoms with van der Waals surface area (Å²) in [6.07, 6.45) is -1.16. The van der Waals surface area contributed by atoms with E-state index in [0.29, 0.717) is 6.20 Å². The summed E-state index contributed by atoms with van der Waals surface area (Å²) in [6.45, 7) is -0.123. The van der Waals surface area contributed by atoms with Crippen LogP contribution in [0.1, 0.15) is 18.4 Å². The quantitative estimate of drug-likeness (QED) is 0.835. The minimum atomic E-state index is -4.46. The number of carboxylic acid groups (broad SMARTS) is 1. The number of nitrogens with one attached hydrogen (secondary N) is 1. The van der Waals surface area contributed by atoms with E-state index < -0.39 is 23.8 Å². The lowest BCUT2D eigenvalue weighted by Gasteiger charge is -2.13. The Kier molecular flexibility index (Phi) is 3.29. The second-order valence-electron chi connectivity index (χ2n) is 4.28. The Labute approximate surface area is 101 Å². The smallest absolute Gasteiger partial charge is 0.419 e. The topological polar surface area (TPSA) is 67.1 Å². The number of hydrogen-bond acceptors (Lipinski definition) is 3. The highest BCUT2D eigenvalue weighted by Gasteiger charge is 2.33. The molecule has 2 rings (SSSR count). The fourth-order valence-electron chi connectivity index (χ4n) is 1.53. The number of alkyl halides is 3. The average molecular weight is 263 g/mol. The molecule has 1 unspecified atom stereocenters. The molecule has 1 fully saturated rings. The molecule has 5 nitrogen and oxygen atoms in total. The number of rotatable bonds is 5. The van der Waals surface area contributed by atoms with E-state index in [4.69, 9.17) is 5.11 Å². The first-order valence-electron chi connectivity index (χ1n) is 5.45. The van der Waals surface area contributed by atoms with Crippen molar-refractivity contribution in [3.63, 3.8) is 0 Å². The van der Waals surface area contributed by atoms with Crippen LogP contribution in [0.4, 0.5) is 13.2 Å². The van der Waals surface area contributed by atoms with Gasteiger partial charge in [0, 0.05) is 12.2 Å². The van der Waals surface area contributed by atoms with Crippen LogP contribution in [0.2, 0.25) is 0 Å². The minimum Gasteiger partial charge on any atom is -0.480 e. The van der Waals surface area contributed by atoms with Crippen LogP contribution in [0.3, 0.4) is 0 Å². The molecule has 1 saturated carbocycles. The zero-order valence-electron chi connectivity index (χ0n) is 9.31. The van der Waals surface area contributed by atoms with E-state index in [2.05, 4.69) is 10.4 Å². The van der Waals surface area contributed by atoms with E-state index in [1.54, 1.807) is 0 Å². The monoisotopic (exact) mass is 263 g/mol. The van der Waals surface area contributed by atoms with E-state index in [0.717, 1.165) is 23.7 Å². The van der Waals surface area contributed by atoms with Gasteiger partial charge in [0.15, 0.2) is 0 Å². The lowest BCUT2D eigenvalue weighted by atomic mass is 10.3. The molecule has 0 aromatic carbocycles. The van der Waals surface area contributed by atoms with Gasteiger partial charge in [-0.15, -0.1) is 0 Å². The molecule has 1 heterocycles. The fraction of sp³-hybridized carbons (Fsp3) is 0.600. The number of carboxylic acids is 1. The van der Waals surface area contributed by atoms with E-state index in [9.17, 15) is 18.0 Å². The largest absolute Gasteiger partial charge is 0.480 e. The van der Waals surface area contributed by atoms with E-state index in [-0.39, 0.29) is 12.6 Å². The summed E-state index contributed by atoms with van der Waals surface area (Å²) in [5.74, 6) is -1.09. The van der Waals surface area contributed by atoms with Crippen molar-refractivity contribution in [1.82, 2.24) is 15.1 Å². The van der Waals surface area contributed by atoms with Crippen LogP contribution in [0, 0.1) is 0 Å². The average Bonchev–Trinajstić information content (AvgIpc) is 2.91. The molecule has 1 aromatic rings. The summed E-state index contributed by atoms with van der Waals surface area (Å²) in [6, 6.07) is -0.762. The first-order chi connectivity index (χ1) is 8.36. The van der Waals surface area contributed by atoms with Crippen molar-refractivity contribution < 1.29 is 23.1 Å². The molecule has 8 heteroatoms. The third-order valence-corrected chi connectivity index (χ3v) is 2.64. The standard InChI is InChI=1S/C10H12F3N3O2/c11-10(12,13)6-3-14-16(4-6)5-8(9(17)18)15-7-1-2-7/h3-4,7-8,15H,1-2,5H2,(H,17,18). The minimum absolute atomic E-state index is 0.123. The Morgan fingerprint density at radius 2 is 2.28 bits per heavy atom. The molecule has 18 heavy (non-hydrogen) atoms. The van der Waals surface area contributed by atoms with Crippen LogP contribution in [-0.4, -0.2) is 32.9 Å². The summed E-state index contributed by atoms with van der Waals surface area (Å²) in [7, 11) is 0. The zero-order chi connectivity index (χ0) is 13.3. The molecular weight excluding hydrogens is 251 g/mol. The van der Waals surface area contributed by atoms with Crippen LogP contribution >= 0.6 is 0 Å². The maximum Gasteiger partial charge on any atom is 0.419 e. The van der Waals surface area contributed by atoms with Crippen molar-refractivity contribution in [2.45, 2.75) is 37.6 Å². The lowest BCUT2D eigenvalue weighted by molar-refractivity contribution is -0.140. The number of aliphatic carboxylic acids is 1. The molecule has 0 bridgehead atoms. The second-order valence-corrected chi connectivity index (χ2v) is 4.28. The van der Waals surface area contributed by atoms with Crippen LogP contribution in [0.5, 0.6) is 0 Å². The van der Waals surface area contributed by atoms with Gasteiger partial charge in [0.1, 0.15) is 6.04 Å². The van der Waals surface area contributed by atoms with Gasteiger partial charge >= 0.3 is 12.1 Å².